The predicted octanol–water partition coefficient (Wildman–Crippen LogP) is 1.36. The largest absolute Gasteiger partial charge is 0.367 e. The van der Waals surface area contributed by atoms with Crippen LogP contribution < -0.4 is 16.6 Å². The molecule has 1 aromatic rings. The second kappa shape index (κ2) is 4.44. The summed E-state index contributed by atoms with van der Waals surface area (Å²) in [4.78, 5) is 8.13. The molecule has 2 atom stereocenters. The van der Waals surface area contributed by atoms with E-state index >= 15 is 0 Å². The Bertz CT molecular complexity index is 327. The minimum Gasteiger partial charge on any atom is -0.367 e. The number of aromatic nitrogens is 2. The summed E-state index contributed by atoms with van der Waals surface area (Å²) in [6.45, 7) is 2.27. The van der Waals surface area contributed by atoms with Crippen molar-refractivity contribution in [3.05, 3.63) is 12.4 Å². The van der Waals surface area contributed by atoms with Gasteiger partial charge in [0.15, 0.2) is 0 Å². The van der Waals surface area contributed by atoms with Crippen LogP contribution in [0.4, 0.5) is 11.6 Å². The van der Waals surface area contributed by atoms with Gasteiger partial charge in [0.05, 0.1) is 0 Å². The van der Waals surface area contributed by atoms with Gasteiger partial charge in [0.2, 0.25) is 0 Å². The standard InChI is InChI=1S/C10H17N5/c1-7-3-2-4-8(7)14-9-5-10(15-11)13-6-12-9/h5-8H,2-4,11H2,1H3,(H2,12,13,14,15). The van der Waals surface area contributed by atoms with Crippen LogP contribution >= 0.6 is 0 Å². The van der Waals surface area contributed by atoms with Crippen molar-refractivity contribution in [1.29, 1.82) is 0 Å². The highest BCUT2D eigenvalue weighted by molar-refractivity contribution is 5.46. The fourth-order valence-corrected chi connectivity index (χ4v) is 2.06. The van der Waals surface area contributed by atoms with Gasteiger partial charge < -0.3 is 10.7 Å². The van der Waals surface area contributed by atoms with Crippen LogP contribution in [-0.2, 0) is 0 Å². The molecule has 1 aliphatic rings. The van der Waals surface area contributed by atoms with Gasteiger partial charge in [-0.25, -0.2) is 15.8 Å². The minimum absolute atomic E-state index is 0.533. The smallest absolute Gasteiger partial charge is 0.145 e. The topological polar surface area (TPSA) is 75.9 Å². The van der Waals surface area contributed by atoms with E-state index in [1.807, 2.05) is 6.07 Å². The number of hydrogen-bond acceptors (Lipinski definition) is 5. The molecule has 0 amide bonds. The maximum Gasteiger partial charge on any atom is 0.145 e. The van der Waals surface area contributed by atoms with Crippen molar-refractivity contribution in [3.63, 3.8) is 0 Å². The first kappa shape index (κ1) is 10.2. The molecular weight excluding hydrogens is 190 g/mol. The van der Waals surface area contributed by atoms with Crippen molar-refractivity contribution in [1.82, 2.24) is 9.97 Å². The number of rotatable bonds is 3. The monoisotopic (exact) mass is 207 g/mol. The molecule has 1 aromatic heterocycles. The highest BCUT2D eigenvalue weighted by Gasteiger charge is 2.23. The SMILES string of the molecule is CC1CCCC1Nc1cc(NN)ncn1. The molecule has 4 N–H and O–H groups in total. The molecule has 82 valence electrons. The number of nitrogen functional groups attached to an aromatic ring is 1. The third kappa shape index (κ3) is 2.36. The van der Waals surface area contributed by atoms with Gasteiger partial charge in [0.1, 0.15) is 18.0 Å². The summed E-state index contributed by atoms with van der Waals surface area (Å²) in [6.07, 6.45) is 5.32. The summed E-state index contributed by atoms with van der Waals surface area (Å²) < 4.78 is 0. The Morgan fingerprint density at radius 2 is 2.13 bits per heavy atom. The Labute approximate surface area is 89.5 Å². The first-order chi connectivity index (χ1) is 7.29. The van der Waals surface area contributed by atoms with E-state index in [1.165, 1.54) is 25.6 Å². The van der Waals surface area contributed by atoms with E-state index in [1.54, 1.807) is 0 Å². The maximum atomic E-state index is 5.29. The van der Waals surface area contributed by atoms with Crippen LogP contribution in [0.15, 0.2) is 12.4 Å². The predicted molar refractivity (Wildman–Crippen MR) is 60.3 cm³/mol. The zero-order chi connectivity index (χ0) is 10.7. The van der Waals surface area contributed by atoms with E-state index in [4.69, 9.17) is 5.84 Å². The number of hydrazine groups is 1. The summed E-state index contributed by atoms with van der Waals surface area (Å²) in [5.74, 6) is 7.48. The minimum atomic E-state index is 0.533. The van der Waals surface area contributed by atoms with Crippen molar-refractivity contribution < 1.29 is 0 Å². The van der Waals surface area contributed by atoms with Gasteiger partial charge in [-0.3, -0.25) is 0 Å². The van der Waals surface area contributed by atoms with Crippen LogP contribution in [-0.4, -0.2) is 16.0 Å². The van der Waals surface area contributed by atoms with Gasteiger partial charge in [-0.05, 0) is 18.8 Å². The number of hydrogen-bond donors (Lipinski definition) is 3. The van der Waals surface area contributed by atoms with Crippen molar-refractivity contribution in [2.45, 2.75) is 32.2 Å². The zero-order valence-electron chi connectivity index (χ0n) is 8.90. The zero-order valence-corrected chi connectivity index (χ0v) is 8.90. The molecule has 1 saturated carbocycles. The van der Waals surface area contributed by atoms with Gasteiger partial charge >= 0.3 is 0 Å². The van der Waals surface area contributed by atoms with E-state index in [9.17, 15) is 0 Å². The fraction of sp³-hybridized carbons (Fsp3) is 0.600. The molecule has 0 radical (unpaired) electrons. The van der Waals surface area contributed by atoms with Gasteiger partial charge in [-0.1, -0.05) is 13.3 Å². The molecule has 0 aromatic carbocycles. The molecule has 2 rings (SSSR count). The van der Waals surface area contributed by atoms with Crippen LogP contribution in [0.2, 0.25) is 0 Å². The Balaban J connectivity index is 2.03. The van der Waals surface area contributed by atoms with Crippen LogP contribution in [0.25, 0.3) is 0 Å². The molecule has 2 unspecified atom stereocenters. The summed E-state index contributed by atoms with van der Waals surface area (Å²) in [5.41, 5.74) is 2.51. The highest BCUT2D eigenvalue weighted by Crippen LogP contribution is 2.27. The number of nitrogens with zero attached hydrogens (tertiary/aromatic N) is 2. The molecule has 1 aliphatic carbocycles. The lowest BCUT2D eigenvalue weighted by atomic mass is 10.1. The summed E-state index contributed by atoms with van der Waals surface area (Å²) in [6, 6.07) is 2.36. The quantitative estimate of drug-likeness (QED) is 0.515. The first-order valence-corrected chi connectivity index (χ1v) is 5.35. The molecule has 1 fully saturated rings. The van der Waals surface area contributed by atoms with E-state index in [-0.39, 0.29) is 0 Å². The van der Waals surface area contributed by atoms with Crippen molar-refractivity contribution >= 4 is 11.6 Å². The van der Waals surface area contributed by atoms with E-state index in [2.05, 4.69) is 27.6 Å². The lowest BCUT2D eigenvalue weighted by Crippen LogP contribution is -2.22. The fourth-order valence-electron chi connectivity index (χ4n) is 2.06. The van der Waals surface area contributed by atoms with Gasteiger partial charge in [-0.2, -0.15) is 0 Å². The molecule has 5 heteroatoms. The van der Waals surface area contributed by atoms with Gasteiger partial charge in [-0.15, -0.1) is 0 Å². The Hall–Kier alpha value is -1.36. The second-order valence-electron chi connectivity index (χ2n) is 4.09. The molecule has 0 bridgehead atoms. The lowest BCUT2D eigenvalue weighted by molar-refractivity contribution is 0.555. The Morgan fingerprint density at radius 3 is 2.80 bits per heavy atom. The lowest BCUT2D eigenvalue weighted by Gasteiger charge is -2.17. The van der Waals surface area contributed by atoms with Crippen LogP contribution in [0, 0.1) is 5.92 Å². The average Bonchev–Trinajstić information content (AvgIpc) is 2.65. The number of anilines is 2. The normalized spacial score (nSPS) is 25.2. The molecule has 0 saturated heterocycles. The first-order valence-electron chi connectivity index (χ1n) is 5.35. The van der Waals surface area contributed by atoms with Crippen LogP contribution in [0.3, 0.4) is 0 Å². The Kier molecular flexibility index (Phi) is 3.01. The van der Waals surface area contributed by atoms with Crippen molar-refractivity contribution in [3.8, 4) is 0 Å². The molecule has 0 aliphatic heterocycles. The van der Waals surface area contributed by atoms with E-state index < -0.39 is 0 Å². The van der Waals surface area contributed by atoms with Crippen LogP contribution in [0.1, 0.15) is 26.2 Å². The van der Waals surface area contributed by atoms with Crippen molar-refractivity contribution in [2.24, 2.45) is 11.8 Å². The summed E-state index contributed by atoms with van der Waals surface area (Å²) >= 11 is 0. The Morgan fingerprint density at radius 1 is 1.33 bits per heavy atom. The van der Waals surface area contributed by atoms with Gasteiger partial charge in [0.25, 0.3) is 0 Å². The highest BCUT2D eigenvalue weighted by atomic mass is 15.3. The number of nitrogens with one attached hydrogen (secondary N) is 2. The molecular formula is C10H17N5. The second-order valence-corrected chi connectivity index (χ2v) is 4.09. The molecule has 15 heavy (non-hydrogen) atoms. The molecule has 5 nitrogen and oxygen atoms in total. The number of nitrogens with two attached hydrogens (primary N) is 1. The molecule has 1 heterocycles. The summed E-state index contributed by atoms with van der Waals surface area (Å²) in [5, 5.41) is 3.42. The van der Waals surface area contributed by atoms with E-state index in [0.29, 0.717) is 17.8 Å². The van der Waals surface area contributed by atoms with Crippen LogP contribution in [0.5, 0.6) is 0 Å². The average molecular weight is 207 g/mol. The molecule has 0 spiro atoms. The maximum absolute atomic E-state index is 5.29. The van der Waals surface area contributed by atoms with E-state index in [0.717, 1.165) is 5.82 Å². The van der Waals surface area contributed by atoms with Crippen molar-refractivity contribution in [2.75, 3.05) is 10.7 Å². The third-order valence-corrected chi connectivity index (χ3v) is 3.01. The van der Waals surface area contributed by atoms with Gasteiger partial charge in [0, 0.05) is 12.1 Å². The summed E-state index contributed by atoms with van der Waals surface area (Å²) in [7, 11) is 0. The third-order valence-electron chi connectivity index (χ3n) is 3.01.